The van der Waals surface area contributed by atoms with Crippen LogP contribution in [0.1, 0.15) is 44.7 Å². The van der Waals surface area contributed by atoms with Crippen LogP contribution in [0.25, 0.3) is 0 Å². The third-order valence-electron chi connectivity index (χ3n) is 4.82. The first-order valence-electron chi connectivity index (χ1n) is 9.88. The maximum absolute atomic E-state index is 13.3. The van der Waals surface area contributed by atoms with Crippen LogP contribution in [0.2, 0.25) is 5.02 Å². The number of anilines is 1. The predicted octanol–water partition coefficient (Wildman–Crippen LogP) is 4.39. The van der Waals surface area contributed by atoms with Crippen molar-refractivity contribution in [2.24, 2.45) is 0 Å². The summed E-state index contributed by atoms with van der Waals surface area (Å²) in [7, 11) is 0. The topological polar surface area (TPSA) is 52.2 Å². The minimum atomic E-state index is -0.363. The molecule has 2 heterocycles. The number of aromatic amines is 1. The lowest BCUT2D eigenvalue weighted by Gasteiger charge is -2.42. The first-order chi connectivity index (χ1) is 13.4. The summed E-state index contributed by atoms with van der Waals surface area (Å²) in [6.45, 7) is 11.6. The normalized spacial score (nSPS) is 17.2. The number of nitrogens with one attached hydrogen (secondary N) is 1. The Hall–Kier alpha value is -1.92. The number of benzene rings is 1. The van der Waals surface area contributed by atoms with Crippen LogP contribution in [0, 0.1) is 12.7 Å². The largest absolute Gasteiger partial charge is 0.363 e. The van der Waals surface area contributed by atoms with Gasteiger partial charge >= 0.3 is 0 Å². The van der Waals surface area contributed by atoms with E-state index in [-0.39, 0.29) is 22.4 Å². The van der Waals surface area contributed by atoms with E-state index in [9.17, 15) is 9.18 Å². The molecule has 1 N–H and O–H groups in total. The molecule has 0 aliphatic carbocycles. The van der Waals surface area contributed by atoms with Crippen molar-refractivity contribution in [3.63, 3.8) is 0 Å². The molecule has 1 fully saturated rings. The van der Waals surface area contributed by atoms with Gasteiger partial charge < -0.3 is 4.90 Å². The molecule has 3 rings (SSSR count). The number of hydrogen-bond acceptors (Lipinski definition) is 4. The molecule has 154 valence electrons. The van der Waals surface area contributed by atoms with Crippen molar-refractivity contribution in [3.8, 4) is 0 Å². The highest BCUT2D eigenvalue weighted by Crippen LogP contribution is 2.27. The molecule has 0 saturated carbocycles. The van der Waals surface area contributed by atoms with Gasteiger partial charge in [-0.3, -0.25) is 9.69 Å². The lowest BCUT2D eigenvalue weighted by Crippen LogP contribution is -2.53. The van der Waals surface area contributed by atoms with Gasteiger partial charge in [-0.15, -0.1) is 0 Å². The van der Waals surface area contributed by atoms with Gasteiger partial charge in [-0.2, -0.15) is 5.10 Å². The highest BCUT2D eigenvalue weighted by molar-refractivity contribution is 6.33. The molecule has 1 aromatic heterocycles. The Kier molecular flexibility index (Phi) is 8.45. The number of rotatable bonds is 4. The molecule has 0 spiro atoms. The number of aryl methyl sites for hydroxylation is 1. The molecule has 1 atom stereocenters. The first-order valence-corrected chi connectivity index (χ1v) is 10.3. The van der Waals surface area contributed by atoms with Crippen molar-refractivity contribution in [1.82, 2.24) is 15.1 Å². The Morgan fingerprint density at radius 1 is 1.29 bits per heavy atom. The first kappa shape index (κ1) is 22.4. The molecular formula is C21H30ClFN4O. The van der Waals surface area contributed by atoms with Crippen molar-refractivity contribution < 1.29 is 4.39 Å². The molecule has 0 amide bonds. The molecule has 1 aromatic carbocycles. The fraction of sp³-hybridized carbons (Fsp3) is 0.524. The molecular weight excluding hydrogens is 379 g/mol. The summed E-state index contributed by atoms with van der Waals surface area (Å²) in [5.41, 5.74) is 2.44. The van der Waals surface area contributed by atoms with E-state index in [2.05, 4.69) is 40.8 Å². The van der Waals surface area contributed by atoms with E-state index in [0.717, 1.165) is 43.7 Å². The van der Waals surface area contributed by atoms with Crippen LogP contribution in [-0.2, 0) is 6.54 Å². The molecule has 0 bridgehead atoms. The van der Waals surface area contributed by atoms with E-state index in [4.69, 9.17) is 11.6 Å². The summed E-state index contributed by atoms with van der Waals surface area (Å²) >= 11 is 6.18. The Morgan fingerprint density at radius 2 is 2.00 bits per heavy atom. The smallest absolute Gasteiger partial charge is 0.285 e. The third kappa shape index (κ3) is 5.55. The van der Waals surface area contributed by atoms with Gasteiger partial charge in [0, 0.05) is 32.2 Å². The Bertz CT molecular complexity index is 826. The van der Waals surface area contributed by atoms with Gasteiger partial charge in [-0.25, -0.2) is 9.49 Å². The Labute approximate surface area is 171 Å². The van der Waals surface area contributed by atoms with Crippen LogP contribution in [0.15, 0.2) is 29.2 Å². The van der Waals surface area contributed by atoms with Gasteiger partial charge in [0.1, 0.15) is 10.8 Å². The average molecular weight is 409 g/mol. The lowest BCUT2D eigenvalue weighted by molar-refractivity contribution is 0.212. The van der Waals surface area contributed by atoms with Crippen molar-refractivity contribution in [2.75, 3.05) is 24.5 Å². The van der Waals surface area contributed by atoms with E-state index in [1.54, 1.807) is 12.3 Å². The third-order valence-corrected chi connectivity index (χ3v) is 5.19. The molecule has 1 aliphatic rings. The lowest BCUT2D eigenvalue weighted by atomic mass is 10.0. The number of hydrogen-bond donors (Lipinski definition) is 1. The molecule has 0 radical (unpaired) electrons. The van der Waals surface area contributed by atoms with Crippen LogP contribution in [0.4, 0.5) is 10.1 Å². The van der Waals surface area contributed by atoms with Gasteiger partial charge in [0.05, 0.1) is 11.9 Å². The summed E-state index contributed by atoms with van der Waals surface area (Å²) in [4.78, 5) is 16.3. The summed E-state index contributed by atoms with van der Waals surface area (Å²) in [5.74, 6) is -0.200. The second-order valence-electron chi connectivity index (χ2n) is 7.17. The van der Waals surface area contributed by atoms with Gasteiger partial charge in [-0.1, -0.05) is 44.9 Å². The molecule has 1 saturated heterocycles. The zero-order valence-corrected chi connectivity index (χ0v) is 17.9. The van der Waals surface area contributed by atoms with E-state index >= 15 is 0 Å². The zero-order valence-electron chi connectivity index (χ0n) is 17.1. The summed E-state index contributed by atoms with van der Waals surface area (Å²) in [6.07, 6.45) is 3.80. The molecule has 5 nitrogen and oxygen atoms in total. The summed E-state index contributed by atoms with van der Waals surface area (Å²) in [6, 6.07) is 5.19. The zero-order chi connectivity index (χ0) is 20.7. The molecule has 28 heavy (non-hydrogen) atoms. The standard InChI is InChI=1S/C18H22ClFN4O.C3H8/c1-3-15-11-23(10-13-4-5-14(20)8-12(13)2)6-7-24(15)16-9-21-22-18(25)17(16)19;1-3-2/h4-5,8-9,15H,3,6-7,10-11H2,1-2H3,(H,22,25);3H2,1-2H3. The molecule has 1 aliphatic heterocycles. The van der Waals surface area contributed by atoms with Crippen LogP contribution < -0.4 is 10.5 Å². The fourth-order valence-corrected chi connectivity index (χ4v) is 3.58. The quantitative estimate of drug-likeness (QED) is 0.815. The Morgan fingerprint density at radius 3 is 2.64 bits per heavy atom. The maximum atomic E-state index is 13.3. The van der Waals surface area contributed by atoms with Gasteiger partial charge in [0.15, 0.2) is 0 Å². The van der Waals surface area contributed by atoms with Crippen LogP contribution in [-0.4, -0.2) is 40.8 Å². The van der Waals surface area contributed by atoms with Gasteiger partial charge in [0.25, 0.3) is 5.56 Å². The number of aromatic nitrogens is 2. The van der Waals surface area contributed by atoms with Crippen molar-refractivity contribution in [2.45, 2.75) is 53.1 Å². The number of nitrogens with zero attached hydrogens (tertiary/aromatic N) is 3. The van der Waals surface area contributed by atoms with E-state index in [0.29, 0.717) is 5.69 Å². The molecule has 2 aromatic rings. The summed E-state index contributed by atoms with van der Waals surface area (Å²) < 4.78 is 13.3. The minimum Gasteiger partial charge on any atom is -0.363 e. The second-order valence-corrected chi connectivity index (χ2v) is 7.54. The van der Waals surface area contributed by atoms with E-state index in [1.807, 2.05) is 13.0 Å². The van der Waals surface area contributed by atoms with Crippen LogP contribution >= 0.6 is 11.6 Å². The maximum Gasteiger partial charge on any atom is 0.285 e. The van der Waals surface area contributed by atoms with Crippen molar-refractivity contribution in [3.05, 3.63) is 56.7 Å². The molecule has 1 unspecified atom stereocenters. The minimum absolute atomic E-state index is 0.191. The van der Waals surface area contributed by atoms with E-state index < -0.39 is 0 Å². The summed E-state index contributed by atoms with van der Waals surface area (Å²) in [5, 5.41) is 6.43. The fourth-order valence-electron chi connectivity index (χ4n) is 3.38. The number of piperazine rings is 1. The average Bonchev–Trinajstić information content (AvgIpc) is 2.67. The Balaban J connectivity index is 0.000000878. The SMILES string of the molecule is CCC.CCC1CN(Cc2ccc(F)cc2C)CCN1c1cn[nH]c(=O)c1Cl. The van der Waals surface area contributed by atoms with Gasteiger partial charge in [-0.05, 0) is 36.6 Å². The second kappa shape index (κ2) is 10.6. The predicted molar refractivity (Wildman–Crippen MR) is 114 cm³/mol. The highest BCUT2D eigenvalue weighted by Gasteiger charge is 2.28. The van der Waals surface area contributed by atoms with Crippen LogP contribution in [0.3, 0.4) is 0 Å². The van der Waals surface area contributed by atoms with Crippen molar-refractivity contribution >= 4 is 17.3 Å². The number of halogens is 2. The number of H-pyrrole nitrogens is 1. The van der Waals surface area contributed by atoms with Crippen molar-refractivity contribution in [1.29, 1.82) is 0 Å². The van der Waals surface area contributed by atoms with Crippen LogP contribution in [0.5, 0.6) is 0 Å². The highest BCUT2D eigenvalue weighted by atomic mass is 35.5. The monoisotopic (exact) mass is 408 g/mol. The van der Waals surface area contributed by atoms with E-state index in [1.165, 1.54) is 12.5 Å². The van der Waals surface area contributed by atoms with Gasteiger partial charge in [0.2, 0.25) is 0 Å². The molecule has 7 heteroatoms.